The molecule has 2 rings (SSSR count). The molecule has 0 unspecified atom stereocenters. The first kappa shape index (κ1) is 8.81. The van der Waals surface area contributed by atoms with Crippen molar-refractivity contribution in [2.45, 2.75) is 13.8 Å². The van der Waals surface area contributed by atoms with E-state index in [1.807, 2.05) is 32.0 Å². The van der Waals surface area contributed by atoms with E-state index in [2.05, 4.69) is 4.98 Å². The number of nitrogens with two attached hydrogens (primary N) is 1. The van der Waals surface area contributed by atoms with Gasteiger partial charge in [-0.25, -0.2) is 4.98 Å². The monoisotopic (exact) mass is 188 g/mol. The van der Waals surface area contributed by atoms with Crippen molar-refractivity contribution in [2.75, 3.05) is 5.73 Å². The smallest absolute Gasteiger partial charge is 0.181 e. The van der Waals surface area contributed by atoms with Gasteiger partial charge in [0.15, 0.2) is 6.39 Å². The molecule has 1 aromatic heterocycles. The maximum Gasteiger partial charge on any atom is 0.181 e. The first-order valence-electron chi connectivity index (χ1n) is 4.45. The van der Waals surface area contributed by atoms with Crippen LogP contribution in [0, 0.1) is 13.8 Å². The third-order valence-electron chi connectivity index (χ3n) is 2.30. The molecule has 1 aromatic carbocycles. The van der Waals surface area contributed by atoms with Crippen molar-refractivity contribution in [1.29, 1.82) is 0 Å². The van der Waals surface area contributed by atoms with Crippen LogP contribution in [-0.4, -0.2) is 4.98 Å². The number of anilines is 1. The fourth-order valence-corrected chi connectivity index (χ4v) is 1.37. The second-order valence-electron chi connectivity index (χ2n) is 3.33. The van der Waals surface area contributed by atoms with Gasteiger partial charge in [-0.15, -0.1) is 0 Å². The summed E-state index contributed by atoms with van der Waals surface area (Å²) in [4.78, 5) is 4.13. The highest BCUT2D eigenvalue weighted by Gasteiger charge is 2.06. The van der Waals surface area contributed by atoms with Crippen LogP contribution in [0.3, 0.4) is 0 Å². The molecule has 0 fully saturated rings. The van der Waals surface area contributed by atoms with Gasteiger partial charge in [0.05, 0.1) is 0 Å². The van der Waals surface area contributed by atoms with Crippen molar-refractivity contribution in [3.63, 3.8) is 0 Å². The standard InChI is InChI=1S/C11H12N2O/c1-7-3-4-9(5-10(7)12)11-8(2)14-6-13-11/h3-6H,12H2,1-2H3. The van der Waals surface area contributed by atoms with Gasteiger partial charge in [0, 0.05) is 11.3 Å². The summed E-state index contributed by atoms with van der Waals surface area (Å²) in [5, 5.41) is 0. The lowest BCUT2D eigenvalue weighted by molar-refractivity contribution is 0.527. The average molecular weight is 188 g/mol. The van der Waals surface area contributed by atoms with E-state index in [0.29, 0.717) is 0 Å². The van der Waals surface area contributed by atoms with Gasteiger partial charge in [0.2, 0.25) is 0 Å². The summed E-state index contributed by atoms with van der Waals surface area (Å²) >= 11 is 0. The summed E-state index contributed by atoms with van der Waals surface area (Å²) < 4.78 is 5.14. The van der Waals surface area contributed by atoms with E-state index in [4.69, 9.17) is 10.2 Å². The highest BCUT2D eigenvalue weighted by atomic mass is 16.3. The molecule has 0 saturated heterocycles. The predicted molar refractivity (Wildman–Crippen MR) is 55.8 cm³/mol. The van der Waals surface area contributed by atoms with Gasteiger partial charge in [-0.1, -0.05) is 12.1 Å². The summed E-state index contributed by atoms with van der Waals surface area (Å²) in [6.07, 6.45) is 1.45. The average Bonchev–Trinajstić information content (AvgIpc) is 2.57. The Bertz CT molecular complexity index is 460. The van der Waals surface area contributed by atoms with Crippen LogP contribution in [-0.2, 0) is 0 Å². The zero-order valence-electron chi connectivity index (χ0n) is 8.24. The fraction of sp³-hybridized carbons (Fsp3) is 0.182. The Morgan fingerprint density at radius 2 is 2.07 bits per heavy atom. The molecule has 0 aliphatic heterocycles. The van der Waals surface area contributed by atoms with Gasteiger partial charge >= 0.3 is 0 Å². The second kappa shape index (κ2) is 3.18. The van der Waals surface area contributed by atoms with E-state index in [-0.39, 0.29) is 0 Å². The summed E-state index contributed by atoms with van der Waals surface area (Å²) in [6.45, 7) is 3.87. The van der Waals surface area contributed by atoms with Gasteiger partial charge < -0.3 is 10.2 Å². The van der Waals surface area contributed by atoms with Crippen LogP contribution in [0.4, 0.5) is 5.69 Å². The Labute approximate surface area is 82.6 Å². The summed E-state index contributed by atoms with van der Waals surface area (Å²) in [6, 6.07) is 5.90. The number of oxazole rings is 1. The van der Waals surface area contributed by atoms with Crippen LogP contribution in [0.2, 0.25) is 0 Å². The molecule has 0 saturated carbocycles. The minimum Gasteiger partial charge on any atom is -0.448 e. The van der Waals surface area contributed by atoms with Crippen LogP contribution in [0.25, 0.3) is 11.3 Å². The quantitative estimate of drug-likeness (QED) is 0.699. The number of rotatable bonds is 1. The van der Waals surface area contributed by atoms with E-state index in [1.54, 1.807) is 0 Å². The van der Waals surface area contributed by atoms with Crippen molar-refractivity contribution in [3.8, 4) is 11.3 Å². The van der Waals surface area contributed by atoms with Crippen molar-refractivity contribution in [2.24, 2.45) is 0 Å². The van der Waals surface area contributed by atoms with Crippen LogP contribution in [0.1, 0.15) is 11.3 Å². The normalized spacial score (nSPS) is 10.4. The molecule has 14 heavy (non-hydrogen) atoms. The molecule has 3 nitrogen and oxygen atoms in total. The van der Waals surface area contributed by atoms with Crippen LogP contribution in [0.5, 0.6) is 0 Å². The Balaban J connectivity index is 2.53. The number of nitrogen functional groups attached to an aromatic ring is 1. The molecule has 0 atom stereocenters. The van der Waals surface area contributed by atoms with Crippen LogP contribution >= 0.6 is 0 Å². The fourth-order valence-electron chi connectivity index (χ4n) is 1.37. The lowest BCUT2D eigenvalue weighted by atomic mass is 10.1. The molecule has 1 heterocycles. The molecule has 0 aliphatic carbocycles. The highest BCUT2D eigenvalue weighted by Crippen LogP contribution is 2.24. The number of aryl methyl sites for hydroxylation is 2. The Hall–Kier alpha value is -1.77. The molecule has 72 valence electrons. The third-order valence-corrected chi connectivity index (χ3v) is 2.30. The molecule has 0 radical (unpaired) electrons. The summed E-state index contributed by atoms with van der Waals surface area (Å²) in [7, 11) is 0. The minimum absolute atomic E-state index is 0.782. The number of aromatic nitrogens is 1. The number of hydrogen-bond donors (Lipinski definition) is 1. The molecule has 0 aliphatic rings. The first-order valence-corrected chi connectivity index (χ1v) is 4.45. The second-order valence-corrected chi connectivity index (χ2v) is 3.33. The van der Waals surface area contributed by atoms with E-state index in [1.165, 1.54) is 6.39 Å². The zero-order chi connectivity index (χ0) is 10.1. The van der Waals surface area contributed by atoms with E-state index < -0.39 is 0 Å². The largest absolute Gasteiger partial charge is 0.448 e. The summed E-state index contributed by atoms with van der Waals surface area (Å²) in [5.41, 5.74) is 9.54. The molecule has 0 amide bonds. The molecule has 2 aromatic rings. The molecule has 0 bridgehead atoms. The first-order chi connectivity index (χ1) is 6.68. The van der Waals surface area contributed by atoms with E-state index >= 15 is 0 Å². The molecule has 2 N–H and O–H groups in total. The highest BCUT2D eigenvalue weighted by molar-refractivity contribution is 5.67. The van der Waals surface area contributed by atoms with Crippen molar-refractivity contribution in [1.82, 2.24) is 4.98 Å². The topological polar surface area (TPSA) is 52.0 Å². The number of hydrogen-bond acceptors (Lipinski definition) is 3. The van der Waals surface area contributed by atoms with E-state index in [0.717, 1.165) is 28.3 Å². The Morgan fingerprint density at radius 3 is 2.64 bits per heavy atom. The van der Waals surface area contributed by atoms with Gasteiger partial charge in [0.25, 0.3) is 0 Å². The van der Waals surface area contributed by atoms with Crippen molar-refractivity contribution < 1.29 is 4.42 Å². The third kappa shape index (κ3) is 1.37. The number of nitrogens with zero attached hydrogens (tertiary/aromatic N) is 1. The molecule has 3 heteroatoms. The summed E-state index contributed by atoms with van der Waals surface area (Å²) in [5.74, 6) is 0.813. The maximum absolute atomic E-state index is 5.82. The van der Waals surface area contributed by atoms with Crippen LogP contribution in [0.15, 0.2) is 29.0 Å². The Kier molecular flexibility index (Phi) is 2.00. The number of benzene rings is 1. The Morgan fingerprint density at radius 1 is 1.29 bits per heavy atom. The van der Waals surface area contributed by atoms with Crippen LogP contribution < -0.4 is 5.73 Å². The lowest BCUT2D eigenvalue weighted by Gasteiger charge is -2.02. The lowest BCUT2D eigenvalue weighted by Crippen LogP contribution is -1.90. The van der Waals surface area contributed by atoms with Crippen molar-refractivity contribution in [3.05, 3.63) is 35.9 Å². The maximum atomic E-state index is 5.82. The molecular formula is C11H12N2O. The SMILES string of the molecule is Cc1ccc(-c2ncoc2C)cc1N. The minimum atomic E-state index is 0.782. The van der Waals surface area contributed by atoms with Gasteiger partial charge in [-0.2, -0.15) is 0 Å². The molecule has 0 spiro atoms. The van der Waals surface area contributed by atoms with Crippen molar-refractivity contribution >= 4 is 5.69 Å². The van der Waals surface area contributed by atoms with Gasteiger partial charge in [0.1, 0.15) is 11.5 Å². The van der Waals surface area contributed by atoms with E-state index in [9.17, 15) is 0 Å². The van der Waals surface area contributed by atoms with Gasteiger partial charge in [-0.3, -0.25) is 0 Å². The van der Waals surface area contributed by atoms with Gasteiger partial charge in [-0.05, 0) is 25.5 Å². The predicted octanol–water partition coefficient (Wildman–Crippen LogP) is 2.54. The zero-order valence-corrected chi connectivity index (χ0v) is 8.24. The molecular weight excluding hydrogens is 176 g/mol.